The molecule has 2 aromatic rings. The standard InChI is InChI=1S/C11H8BrN3O2/c12-7-1-3-8(4-2-7)13-11(17)9-5-6-10(16)15-14-9/h1-6H,(H,13,17)(H,15,16). The molecule has 0 saturated heterocycles. The summed E-state index contributed by atoms with van der Waals surface area (Å²) in [6.07, 6.45) is 0. The van der Waals surface area contributed by atoms with E-state index >= 15 is 0 Å². The molecule has 86 valence electrons. The summed E-state index contributed by atoms with van der Waals surface area (Å²) in [5, 5.41) is 8.50. The van der Waals surface area contributed by atoms with E-state index in [0.29, 0.717) is 5.69 Å². The van der Waals surface area contributed by atoms with Crippen molar-refractivity contribution in [3.05, 3.63) is 56.9 Å². The lowest BCUT2D eigenvalue weighted by Crippen LogP contribution is -2.17. The molecule has 0 atom stereocenters. The van der Waals surface area contributed by atoms with Crippen LogP contribution >= 0.6 is 15.9 Å². The van der Waals surface area contributed by atoms with E-state index in [4.69, 9.17) is 0 Å². The molecule has 0 bridgehead atoms. The predicted octanol–water partition coefficient (Wildman–Crippen LogP) is 1.78. The number of nitrogens with one attached hydrogen (secondary N) is 2. The van der Waals surface area contributed by atoms with Crippen LogP contribution in [0.4, 0.5) is 5.69 Å². The fourth-order valence-electron chi connectivity index (χ4n) is 1.20. The number of hydrogen-bond donors (Lipinski definition) is 2. The topological polar surface area (TPSA) is 74.8 Å². The van der Waals surface area contributed by atoms with E-state index in [-0.39, 0.29) is 17.2 Å². The molecule has 0 radical (unpaired) electrons. The zero-order chi connectivity index (χ0) is 12.3. The fraction of sp³-hybridized carbons (Fsp3) is 0. The third-order valence-electron chi connectivity index (χ3n) is 2.01. The Bertz CT molecular complexity index is 572. The Hall–Kier alpha value is -1.95. The fourth-order valence-corrected chi connectivity index (χ4v) is 1.46. The summed E-state index contributed by atoms with van der Waals surface area (Å²) in [5.74, 6) is -0.372. The molecule has 0 saturated carbocycles. The van der Waals surface area contributed by atoms with Gasteiger partial charge in [0.15, 0.2) is 0 Å². The van der Waals surface area contributed by atoms with E-state index in [1.165, 1.54) is 12.1 Å². The van der Waals surface area contributed by atoms with E-state index in [1.807, 2.05) is 12.1 Å². The number of H-pyrrole nitrogens is 1. The van der Waals surface area contributed by atoms with Crippen molar-refractivity contribution in [1.82, 2.24) is 10.2 Å². The van der Waals surface area contributed by atoms with Crippen LogP contribution in [-0.4, -0.2) is 16.1 Å². The van der Waals surface area contributed by atoms with Gasteiger partial charge in [-0.2, -0.15) is 5.10 Å². The summed E-state index contributed by atoms with van der Waals surface area (Å²) in [7, 11) is 0. The van der Waals surface area contributed by atoms with Gasteiger partial charge < -0.3 is 5.32 Å². The Morgan fingerprint density at radius 2 is 1.88 bits per heavy atom. The number of amides is 1. The van der Waals surface area contributed by atoms with Gasteiger partial charge in [-0.1, -0.05) is 15.9 Å². The minimum absolute atomic E-state index is 0.160. The second-order valence-electron chi connectivity index (χ2n) is 3.27. The lowest BCUT2D eigenvalue weighted by molar-refractivity contribution is 0.102. The Balaban J connectivity index is 2.14. The molecule has 1 aromatic carbocycles. The summed E-state index contributed by atoms with van der Waals surface area (Å²) in [6.45, 7) is 0. The highest BCUT2D eigenvalue weighted by Crippen LogP contribution is 2.14. The van der Waals surface area contributed by atoms with Gasteiger partial charge in [-0.15, -0.1) is 0 Å². The zero-order valence-electron chi connectivity index (χ0n) is 8.61. The number of carbonyl (C=O) groups excluding carboxylic acids is 1. The van der Waals surface area contributed by atoms with E-state index in [2.05, 4.69) is 31.4 Å². The summed E-state index contributed by atoms with van der Waals surface area (Å²) in [6, 6.07) is 9.77. The highest BCUT2D eigenvalue weighted by atomic mass is 79.9. The monoisotopic (exact) mass is 293 g/mol. The first-order valence-electron chi connectivity index (χ1n) is 4.78. The second-order valence-corrected chi connectivity index (χ2v) is 4.18. The molecule has 0 spiro atoms. The Kier molecular flexibility index (Phi) is 3.34. The molecular weight excluding hydrogens is 286 g/mol. The minimum Gasteiger partial charge on any atom is -0.321 e. The number of rotatable bonds is 2. The molecule has 2 rings (SSSR count). The lowest BCUT2D eigenvalue weighted by atomic mass is 10.3. The van der Waals surface area contributed by atoms with Crippen molar-refractivity contribution in [1.29, 1.82) is 0 Å². The average Bonchev–Trinajstić information content (AvgIpc) is 2.33. The molecule has 0 unspecified atom stereocenters. The molecule has 17 heavy (non-hydrogen) atoms. The predicted molar refractivity (Wildman–Crippen MR) is 67.0 cm³/mol. The van der Waals surface area contributed by atoms with E-state index in [1.54, 1.807) is 12.1 Å². The zero-order valence-corrected chi connectivity index (χ0v) is 10.2. The summed E-state index contributed by atoms with van der Waals surface area (Å²) < 4.78 is 0.928. The van der Waals surface area contributed by atoms with Crippen LogP contribution in [0.1, 0.15) is 10.5 Å². The van der Waals surface area contributed by atoms with Crippen LogP contribution in [-0.2, 0) is 0 Å². The summed E-state index contributed by atoms with van der Waals surface area (Å²) in [5.41, 5.74) is 0.476. The van der Waals surface area contributed by atoms with Gasteiger partial charge in [0, 0.05) is 16.2 Å². The van der Waals surface area contributed by atoms with Gasteiger partial charge in [-0.25, -0.2) is 5.10 Å². The first kappa shape index (κ1) is 11.5. The maximum atomic E-state index is 11.7. The van der Waals surface area contributed by atoms with Crippen molar-refractivity contribution >= 4 is 27.5 Å². The van der Waals surface area contributed by atoms with Crippen molar-refractivity contribution < 1.29 is 4.79 Å². The van der Waals surface area contributed by atoms with Gasteiger partial charge in [0.25, 0.3) is 11.5 Å². The van der Waals surface area contributed by atoms with Crippen LogP contribution < -0.4 is 10.9 Å². The van der Waals surface area contributed by atoms with Gasteiger partial charge in [0.1, 0.15) is 5.69 Å². The molecule has 0 aliphatic rings. The molecule has 6 heteroatoms. The van der Waals surface area contributed by atoms with Crippen molar-refractivity contribution in [2.75, 3.05) is 5.32 Å². The third-order valence-corrected chi connectivity index (χ3v) is 2.54. The summed E-state index contributed by atoms with van der Waals surface area (Å²) >= 11 is 3.30. The summed E-state index contributed by atoms with van der Waals surface area (Å²) in [4.78, 5) is 22.5. The lowest BCUT2D eigenvalue weighted by Gasteiger charge is -2.03. The van der Waals surface area contributed by atoms with E-state index < -0.39 is 0 Å². The largest absolute Gasteiger partial charge is 0.321 e. The normalized spacial score (nSPS) is 9.94. The van der Waals surface area contributed by atoms with Crippen molar-refractivity contribution in [3.8, 4) is 0 Å². The van der Waals surface area contributed by atoms with Gasteiger partial charge in [0.05, 0.1) is 0 Å². The Morgan fingerprint density at radius 3 is 2.47 bits per heavy atom. The van der Waals surface area contributed by atoms with Gasteiger partial charge in [-0.05, 0) is 30.3 Å². The first-order chi connectivity index (χ1) is 8.15. The first-order valence-corrected chi connectivity index (χ1v) is 5.57. The number of hydrogen-bond acceptors (Lipinski definition) is 3. The quantitative estimate of drug-likeness (QED) is 0.886. The molecule has 2 N–H and O–H groups in total. The van der Waals surface area contributed by atoms with Crippen LogP contribution in [0.5, 0.6) is 0 Å². The molecule has 1 heterocycles. The number of anilines is 1. The average molecular weight is 294 g/mol. The maximum absolute atomic E-state index is 11.7. The van der Waals surface area contributed by atoms with Crippen LogP contribution in [0.25, 0.3) is 0 Å². The molecule has 1 aromatic heterocycles. The molecule has 5 nitrogen and oxygen atoms in total. The van der Waals surface area contributed by atoms with Gasteiger partial charge in [0.2, 0.25) is 0 Å². The van der Waals surface area contributed by atoms with Crippen LogP contribution in [0.3, 0.4) is 0 Å². The van der Waals surface area contributed by atoms with Crippen molar-refractivity contribution in [3.63, 3.8) is 0 Å². The van der Waals surface area contributed by atoms with E-state index in [9.17, 15) is 9.59 Å². The molecule has 1 amide bonds. The number of halogens is 1. The van der Waals surface area contributed by atoms with Gasteiger partial charge >= 0.3 is 0 Å². The Morgan fingerprint density at radius 1 is 1.18 bits per heavy atom. The van der Waals surface area contributed by atoms with Crippen LogP contribution in [0.2, 0.25) is 0 Å². The highest BCUT2D eigenvalue weighted by Gasteiger charge is 2.07. The molecular formula is C11H8BrN3O2. The number of aromatic amines is 1. The van der Waals surface area contributed by atoms with Crippen LogP contribution in [0.15, 0.2) is 45.7 Å². The highest BCUT2D eigenvalue weighted by molar-refractivity contribution is 9.10. The number of nitrogens with zero attached hydrogens (tertiary/aromatic N) is 1. The Labute approximate surface area is 105 Å². The molecule has 0 aliphatic heterocycles. The molecule has 0 fully saturated rings. The number of carbonyl (C=O) groups is 1. The third kappa shape index (κ3) is 3.01. The van der Waals surface area contributed by atoms with Crippen molar-refractivity contribution in [2.24, 2.45) is 0 Å². The number of aromatic nitrogens is 2. The molecule has 0 aliphatic carbocycles. The van der Waals surface area contributed by atoms with Crippen LogP contribution in [0, 0.1) is 0 Å². The number of benzene rings is 1. The minimum atomic E-state index is -0.372. The SMILES string of the molecule is O=C(Nc1ccc(Br)cc1)c1ccc(=O)[nH]n1. The smallest absolute Gasteiger partial charge is 0.276 e. The maximum Gasteiger partial charge on any atom is 0.276 e. The van der Waals surface area contributed by atoms with Gasteiger partial charge in [-0.3, -0.25) is 9.59 Å². The van der Waals surface area contributed by atoms with E-state index in [0.717, 1.165) is 4.47 Å². The van der Waals surface area contributed by atoms with Crippen molar-refractivity contribution in [2.45, 2.75) is 0 Å². The second kappa shape index (κ2) is 4.92.